The number of methoxy groups -OCH3 is 2. The molecule has 0 radical (unpaired) electrons. The summed E-state index contributed by atoms with van der Waals surface area (Å²) in [7, 11) is 5.46. The fourth-order valence-corrected chi connectivity index (χ4v) is 4.80. The summed E-state index contributed by atoms with van der Waals surface area (Å²) < 4.78 is 17.9. The SMILES string of the molecule is COc1ccc(OC)c([C@@H](c2oc3ccccc3c2NC(=O)c2ccccc2)N2CCN(C)CC2)c1. The first-order chi connectivity index (χ1) is 17.6. The molecule has 36 heavy (non-hydrogen) atoms. The van der Waals surface area contributed by atoms with E-state index in [1.54, 1.807) is 26.4 Å². The van der Waals surface area contributed by atoms with Gasteiger partial charge in [0.1, 0.15) is 17.1 Å². The van der Waals surface area contributed by atoms with Crippen molar-refractivity contribution >= 4 is 22.6 Å². The zero-order valence-corrected chi connectivity index (χ0v) is 20.9. The Morgan fingerprint density at radius 1 is 0.917 bits per heavy atom. The first-order valence-corrected chi connectivity index (χ1v) is 12.1. The largest absolute Gasteiger partial charge is 0.497 e. The van der Waals surface area contributed by atoms with E-state index in [0.29, 0.717) is 17.0 Å². The summed E-state index contributed by atoms with van der Waals surface area (Å²) >= 11 is 0. The number of anilines is 1. The topological polar surface area (TPSA) is 67.2 Å². The number of carbonyl (C=O) groups excluding carboxylic acids is 1. The Morgan fingerprint density at radius 3 is 2.36 bits per heavy atom. The highest BCUT2D eigenvalue weighted by atomic mass is 16.5. The molecule has 0 unspecified atom stereocenters. The van der Waals surface area contributed by atoms with Gasteiger partial charge in [-0.25, -0.2) is 0 Å². The Bertz CT molecular complexity index is 1340. The van der Waals surface area contributed by atoms with Gasteiger partial charge in [0, 0.05) is 42.7 Å². The maximum Gasteiger partial charge on any atom is 0.255 e. The van der Waals surface area contributed by atoms with Gasteiger partial charge in [0.05, 0.1) is 25.9 Å². The van der Waals surface area contributed by atoms with Crippen molar-refractivity contribution in [2.75, 3.05) is 52.8 Å². The number of ether oxygens (including phenoxy) is 2. The minimum absolute atomic E-state index is 0.182. The predicted molar refractivity (Wildman–Crippen MR) is 141 cm³/mol. The molecule has 1 aliphatic heterocycles. The third kappa shape index (κ3) is 4.67. The lowest BCUT2D eigenvalue weighted by molar-refractivity contribution is 0.102. The molecular formula is C29H31N3O4. The first kappa shape index (κ1) is 23.9. The fourth-order valence-electron chi connectivity index (χ4n) is 4.80. The number of hydrogen-bond acceptors (Lipinski definition) is 6. The Hall–Kier alpha value is -3.81. The van der Waals surface area contributed by atoms with Crippen LogP contribution in [0.25, 0.3) is 11.0 Å². The third-order valence-electron chi connectivity index (χ3n) is 6.78. The Balaban J connectivity index is 1.68. The van der Waals surface area contributed by atoms with E-state index in [2.05, 4.69) is 22.2 Å². The number of benzene rings is 3. The number of rotatable bonds is 7. The highest BCUT2D eigenvalue weighted by molar-refractivity contribution is 6.09. The van der Waals surface area contributed by atoms with Crippen molar-refractivity contribution < 1.29 is 18.7 Å². The summed E-state index contributed by atoms with van der Waals surface area (Å²) in [5.41, 5.74) is 2.91. The van der Waals surface area contributed by atoms with Crippen molar-refractivity contribution in [3.8, 4) is 11.5 Å². The Labute approximate surface area is 211 Å². The highest BCUT2D eigenvalue weighted by Gasteiger charge is 2.34. The van der Waals surface area contributed by atoms with E-state index in [4.69, 9.17) is 13.9 Å². The molecular weight excluding hydrogens is 454 g/mol. The third-order valence-corrected chi connectivity index (χ3v) is 6.78. The van der Waals surface area contributed by atoms with E-state index in [9.17, 15) is 4.79 Å². The van der Waals surface area contributed by atoms with Crippen LogP contribution in [-0.2, 0) is 0 Å². The molecule has 0 saturated carbocycles. The lowest BCUT2D eigenvalue weighted by Crippen LogP contribution is -2.46. The predicted octanol–water partition coefficient (Wildman–Crippen LogP) is 5.04. The van der Waals surface area contributed by atoms with Crippen LogP contribution in [0.3, 0.4) is 0 Å². The number of hydrogen-bond donors (Lipinski definition) is 1. The number of para-hydroxylation sites is 1. The second-order valence-electron chi connectivity index (χ2n) is 9.01. The average Bonchev–Trinajstić information content (AvgIpc) is 3.28. The summed E-state index contributed by atoms with van der Waals surface area (Å²) in [5.74, 6) is 1.96. The van der Waals surface area contributed by atoms with Crippen LogP contribution in [0, 0.1) is 0 Å². The molecule has 0 bridgehead atoms. The molecule has 1 N–H and O–H groups in total. The molecule has 0 spiro atoms. The average molecular weight is 486 g/mol. The van der Waals surface area contributed by atoms with Crippen molar-refractivity contribution in [2.45, 2.75) is 6.04 Å². The lowest BCUT2D eigenvalue weighted by atomic mass is 9.98. The van der Waals surface area contributed by atoms with Gasteiger partial charge in [-0.2, -0.15) is 0 Å². The maximum absolute atomic E-state index is 13.3. The van der Waals surface area contributed by atoms with Crippen LogP contribution in [0.2, 0.25) is 0 Å². The normalized spacial score (nSPS) is 15.5. The standard InChI is InChI=1S/C29H31N3O4/c1-31-15-17-32(18-16-31)27(23-19-21(34-2)13-14-24(23)35-3)28-26(22-11-7-8-12-25(22)36-28)30-29(33)20-9-5-4-6-10-20/h4-14,19,27H,15-18H2,1-3H3,(H,30,33)/t27-/m0/s1. The molecule has 3 aromatic carbocycles. The zero-order valence-electron chi connectivity index (χ0n) is 20.9. The van der Waals surface area contributed by atoms with Crippen LogP contribution >= 0.6 is 0 Å². The molecule has 0 aliphatic carbocycles. The molecule has 2 heterocycles. The molecule has 1 fully saturated rings. The van der Waals surface area contributed by atoms with E-state index >= 15 is 0 Å². The Kier molecular flexibility index (Phi) is 6.93. The van der Waals surface area contributed by atoms with Gasteiger partial charge in [-0.05, 0) is 49.5 Å². The van der Waals surface area contributed by atoms with E-state index in [0.717, 1.165) is 54.2 Å². The lowest BCUT2D eigenvalue weighted by Gasteiger charge is -2.38. The van der Waals surface area contributed by atoms with Crippen LogP contribution in [0.5, 0.6) is 11.5 Å². The molecule has 7 heteroatoms. The van der Waals surface area contributed by atoms with Crippen LogP contribution < -0.4 is 14.8 Å². The highest BCUT2D eigenvalue weighted by Crippen LogP contribution is 2.44. The van der Waals surface area contributed by atoms with Crippen molar-refractivity contribution in [1.82, 2.24) is 9.80 Å². The quantitative estimate of drug-likeness (QED) is 0.396. The van der Waals surface area contributed by atoms with Crippen molar-refractivity contribution in [3.05, 3.63) is 89.7 Å². The number of piperazine rings is 1. The van der Waals surface area contributed by atoms with E-state index < -0.39 is 0 Å². The monoisotopic (exact) mass is 485 g/mol. The molecule has 4 aromatic rings. The number of nitrogens with zero attached hydrogens (tertiary/aromatic N) is 2. The van der Waals surface area contributed by atoms with Gasteiger partial charge in [-0.15, -0.1) is 0 Å². The first-order valence-electron chi connectivity index (χ1n) is 12.1. The summed E-state index contributed by atoms with van der Waals surface area (Å²) in [6.07, 6.45) is 0. The molecule has 1 aliphatic rings. The number of amides is 1. The van der Waals surface area contributed by atoms with Gasteiger partial charge in [0.2, 0.25) is 0 Å². The second-order valence-corrected chi connectivity index (χ2v) is 9.01. The number of nitrogens with one attached hydrogen (secondary N) is 1. The fraction of sp³-hybridized carbons (Fsp3) is 0.276. The van der Waals surface area contributed by atoms with Gasteiger partial charge in [0.15, 0.2) is 5.76 Å². The zero-order chi connectivity index (χ0) is 25.1. The molecule has 5 rings (SSSR count). The van der Waals surface area contributed by atoms with Crippen LogP contribution in [-0.4, -0.2) is 63.2 Å². The van der Waals surface area contributed by atoms with Crippen molar-refractivity contribution in [2.24, 2.45) is 0 Å². The van der Waals surface area contributed by atoms with E-state index in [1.165, 1.54) is 0 Å². The van der Waals surface area contributed by atoms with E-state index in [1.807, 2.05) is 60.7 Å². The maximum atomic E-state index is 13.3. The number of likely N-dealkylation sites (N-methyl/N-ethyl adjacent to an activating group) is 1. The molecule has 1 saturated heterocycles. The minimum atomic E-state index is -0.290. The molecule has 1 aromatic heterocycles. The van der Waals surface area contributed by atoms with Gasteiger partial charge in [0.25, 0.3) is 5.91 Å². The summed E-state index contributed by atoms with van der Waals surface area (Å²) in [6, 6.07) is 22.5. The minimum Gasteiger partial charge on any atom is -0.497 e. The van der Waals surface area contributed by atoms with Gasteiger partial charge in [-0.1, -0.05) is 30.3 Å². The van der Waals surface area contributed by atoms with Crippen molar-refractivity contribution in [3.63, 3.8) is 0 Å². The second kappa shape index (κ2) is 10.4. The molecule has 1 atom stereocenters. The summed E-state index contributed by atoms with van der Waals surface area (Å²) in [5, 5.41) is 4.03. The molecule has 7 nitrogen and oxygen atoms in total. The van der Waals surface area contributed by atoms with E-state index in [-0.39, 0.29) is 11.9 Å². The number of carbonyl (C=O) groups is 1. The van der Waals surface area contributed by atoms with Crippen molar-refractivity contribution in [1.29, 1.82) is 0 Å². The molecule has 1 amide bonds. The smallest absolute Gasteiger partial charge is 0.255 e. The number of fused-ring (bicyclic) bond motifs is 1. The number of furan rings is 1. The van der Waals surface area contributed by atoms with Crippen LogP contribution in [0.1, 0.15) is 27.7 Å². The summed E-state index contributed by atoms with van der Waals surface area (Å²) in [4.78, 5) is 18.0. The van der Waals surface area contributed by atoms with Gasteiger partial charge >= 0.3 is 0 Å². The van der Waals surface area contributed by atoms with Crippen LogP contribution in [0.4, 0.5) is 5.69 Å². The molecule has 186 valence electrons. The van der Waals surface area contributed by atoms with Crippen LogP contribution in [0.15, 0.2) is 77.2 Å². The van der Waals surface area contributed by atoms with Gasteiger partial charge < -0.3 is 24.1 Å². The summed E-state index contributed by atoms with van der Waals surface area (Å²) in [6.45, 7) is 3.53. The Morgan fingerprint density at radius 2 is 1.64 bits per heavy atom. The van der Waals surface area contributed by atoms with Gasteiger partial charge in [-0.3, -0.25) is 9.69 Å².